The van der Waals surface area contributed by atoms with Crippen molar-refractivity contribution in [1.29, 1.82) is 0 Å². The van der Waals surface area contributed by atoms with E-state index < -0.39 is 0 Å². The van der Waals surface area contributed by atoms with Crippen LogP contribution in [0, 0.1) is 0 Å². The molecule has 89 heavy (non-hydrogen) atoms. The lowest BCUT2D eigenvalue weighted by molar-refractivity contribution is 0.0503. The first kappa shape index (κ1) is 65.2. The molecule has 8 aromatic carbocycles. The molecular formula is C77H88N2O10. The molecule has 8 aromatic rings. The van der Waals surface area contributed by atoms with Gasteiger partial charge in [-0.25, -0.2) is 0 Å². The van der Waals surface area contributed by atoms with E-state index in [1.165, 1.54) is 38.5 Å². The topological polar surface area (TPSA) is 136 Å². The van der Waals surface area contributed by atoms with Gasteiger partial charge in [-0.2, -0.15) is 0 Å². The number of piperidine rings is 2. The van der Waals surface area contributed by atoms with E-state index in [2.05, 4.69) is 60.3 Å². The molecule has 5 fully saturated rings. The van der Waals surface area contributed by atoms with Crippen molar-refractivity contribution in [2.45, 2.75) is 121 Å². The van der Waals surface area contributed by atoms with E-state index in [9.17, 15) is 19.8 Å². The minimum absolute atomic E-state index is 0. The first-order valence-corrected chi connectivity index (χ1v) is 31.0. The monoisotopic (exact) mass is 1200 g/mol. The Balaban J connectivity index is 0.000000172. The highest BCUT2D eigenvalue weighted by Gasteiger charge is 2.40. The predicted octanol–water partition coefficient (Wildman–Crippen LogP) is 15.7. The zero-order valence-corrected chi connectivity index (χ0v) is 51.7. The fourth-order valence-corrected chi connectivity index (χ4v) is 12.9. The lowest BCUT2D eigenvalue weighted by Crippen LogP contribution is -2.43. The van der Waals surface area contributed by atoms with Crippen molar-refractivity contribution in [3.63, 3.8) is 0 Å². The van der Waals surface area contributed by atoms with Crippen LogP contribution in [-0.4, -0.2) is 124 Å². The number of hydrogen-bond donors (Lipinski definition) is 2. The van der Waals surface area contributed by atoms with Crippen LogP contribution in [0.25, 0.3) is 44.5 Å². The third-order valence-electron chi connectivity index (χ3n) is 18.1. The first-order valence-electron chi connectivity index (χ1n) is 31.0. The molecule has 0 aliphatic carbocycles. The van der Waals surface area contributed by atoms with Gasteiger partial charge in [0.1, 0.15) is 40.6 Å². The Bertz CT molecular complexity index is 3530. The van der Waals surface area contributed by atoms with E-state index in [1.807, 2.05) is 127 Å². The van der Waals surface area contributed by atoms with Crippen molar-refractivity contribution in [2.75, 3.05) is 55.7 Å². The number of hydrogen-bond acceptors (Lipinski definition) is 12. The van der Waals surface area contributed by atoms with E-state index in [4.69, 9.17) is 28.4 Å². The maximum absolute atomic E-state index is 13.3. The Morgan fingerprint density at radius 1 is 0.461 bits per heavy atom. The highest BCUT2D eigenvalue weighted by atomic mass is 16.5. The summed E-state index contributed by atoms with van der Waals surface area (Å²) in [5.41, 5.74) is 11.1. The zero-order chi connectivity index (χ0) is 61.5. The fourth-order valence-electron chi connectivity index (χ4n) is 12.9. The molecule has 0 radical (unpaired) electrons. The van der Waals surface area contributed by atoms with Crippen molar-refractivity contribution in [3.8, 4) is 79.0 Å². The number of aromatic hydroxyl groups is 1. The van der Waals surface area contributed by atoms with Crippen LogP contribution in [0.1, 0.15) is 103 Å². The van der Waals surface area contributed by atoms with Crippen LogP contribution >= 0.6 is 0 Å². The second-order valence-corrected chi connectivity index (χ2v) is 23.7. The molecule has 4 unspecified atom stereocenters. The van der Waals surface area contributed by atoms with E-state index in [0.717, 1.165) is 112 Å². The lowest BCUT2D eigenvalue weighted by Gasteiger charge is -2.36. The van der Waals surface area contributed by atoms with Gasteiger partial charge in [-0.1, -0.05) is 104 Å². The van der Waals surface area contributed by atoms with Crippen LogP contribution in [0.2, 0.25) is 0 Å². The number of methoxy groups -OCH3 is 4. The molecule has 13 rings (SSSR count). The van der Waals surface area contributed by atoms with Crippen LogP contribution in [0.15, 0.2) is 182 Å². The molecule has 12 heteroatoms. The van der Waals surface area contributed by atoms with Crippen molar-refractivity contribution in [2.24, 2.45) is 0 Å². The number of fused-ring (bicyclic) bond motifs is 4. The van der Waals surface area contributed by atoms with Crippen molar-refractivity contribution >= 4 is 11.6 Å². The van der Waals surface area contributed by atoms with Crippen molar-refractivity contribution in [3.05, 3.63) is 204 Å². The summed E-state index contributed by atoms with van der Waals surface area (Å²) in [6, 6.07) is 60.9. The minimum atomic E-state index is -0.00583. The molecule has 2 N–H and O–H groups in total. The van der Waals surface area contributed by atoms with Crippen LogP contribution in [0.5, 0.6) is 34.5 Å². The Morgan fingerprint density at radius 2 is 0.854 bits per heavy atom. The number of phenolic OH excluding ortho intramolecular Hbond substituents is 1. The number of ketones is 2. The summed E-state index contributed by atoms with van der Waals surface area (Å²) in [5.74, 6) is 4.20. The smallest absolute Gasteiger partial charge is 0.167 e. The average molecular weight is 1200 g/mol. The predicted molar refractivity (Wildman–Crippen MR) is 356 cm³/mol. The standard InChI is InChI=1S/C36H37NO4.C28H24O4.C8H15NO.C4H8O.CH4/c1-37-29-14-15-30(37)23-33(22-29)41-31-16-11-26(12-17-31)25-9-7-24(8-10-25)19-35(38)28-13-18-36(40-3)34(21-28)27-5-4-6-32(20-27)39-2;1-31-25-5-3-4-22(17-25)26-18-23(12-15-28(26)32-2)27(30)16-19-6-8-20(9-7-19)21-10-13-24(29)14-11-21;1-9-6-2-3-7(9)5-8(10)4-6;1-2-4-5-3-1;/h4-13,16-18,20-21,29-30,33H,14-15,19,22-23H2,1-3H3;3-15,17-18,29H,16H2,1-2H3;6-8,10H,2-5H2,1H3;1-4H2;1H4. The van der Waals surface area contributed by atoms with Gasteiger partial charge in [0.15, 0.2) is 11.6 Å². The number of nitrogens with zero attached hydrogens (tertiary/aromatic N) is 2. The summed E-state index contributed by atoms with van der Waals surface area (Å²) < 4.78 is 33.1. The highest BCUT2D eigenvalue weighted by molar-refractivity contribution is 6.00. The summed E-state index contributed by atoms with van der Waals surface area (Å²) in [6.07, 6.45) is 12.9. The minimum Gasteiger partial charge on any atom is -0.508 e. The van der Waals surface area contributed by atoms with Crippen LogP contribution in [0.3, 0.4) is 0 Å². The molecule has 5 heterocycles. The van der Waals surface area contributed by atoms with Gasteiger partial charge in [-0.05, 0) is 208 Å². The van der Waals surface area contributed by atoms with Crippen molar-refractivity contribution in [1.82, 2.24) is 9.80 Å². The molecule has 0 aromatic heterocycles. The van der Waals surface area contributed by atoms with E-state index in [1.54, 1.807) is 46.6 Å². The third-order valence-corrected chi connectivity index (χ3v) is 18.1. The molecule has 4 atom stereocenters. The van der Waals surface area contributed by atoms with E-state index in [-0.39, 0.29) is 30.8 Å². The van der Waals surface area contributed by atoms with Gasteiger partial charge < -0.3 is 48.4 Å². The maximum atomic E-state index is 13.3. The Morgan fingerprint density at radius 3 is 1.24 bits per heavy atom. The number of Topliss-reactive ketones (excluding diaryl/α,β-unsaturated/α-hetero) is 2. The van der Waals surface area contributed by atoms with Gasteiger partial charge in [0, 0.05) is 72.5 Å². The SMILES string of the molecule is C.C1CCOC1.CN1C2CCC1CC(O)C2.COc1cccc(-c2cc(C(=O)Cc3ccc(-c4ccc(O)cc4)cc3)ccc2OC)c1.COc1cccc(-c2cc(C(=O)Cc3ccc(-c4ccc(OC5CC6CCC(C5)N6C)cc4)cc3)ccc2OC)c1. The average Bonchev–Trinajstić information content (AvgIpc) is 4.15. The normalized spacial score (nSPS) is 19.8. The molecule has 12 nitrogen and oxygen atoms in total. The van der Waals surface area contributed by atoms with Gasteiger partial charge in [-0.3, -0.25) is 9.59 Å². The largest absolute Gasteiger partial charge is 0.508 e. The summed E-state index contributed by atoms with van der Waals surface area (Å²) >= 11 is 0. The van der Waals surface area contributed by atoms with Gasteiger partial charge in [0.2, 0.25) is 0 Å². The zero-order valence-electron chi connectivity index (χ0n) is 51.7. The molecule has 5 saturated heterocycles. The number of carbonyl (C=O) groups is 2. The number of benzene rings is 8. The number of phenols is 1. The van der Waals surface area contributed by atoms with E-state index in [0.29, 0.717) is 65.7 Å². The van der Waals surface area contributed by atoms with Gasteiger partial charge in [0.05, 0.1) is 34.5 Å². The number of ether oxygens (including phenoxy) is 6. The van der Waals surface area contributed by atoms with E-state index >= 15 is 0 Å². The molecule has 466 valence electrons. The highest BCUT2D eigenvalue weighted by Crippen LogP contribution is 2.39. The van der Waals surface area contributed by atoms with Gasteiger partial charge >= 0.3 is 0 Å². The Labute approximate surface area is 527 Å². The number of rotatable bonds is 16. The molecule has 0 amide bonds. The quantitative estimate of drug-likeness (QED) is 0.0891. The Kier molecular flexibility index (Phi) is 22.9. The molecule has 5 aliphatic heterocycles. The molecule has 4 bridgehead atoms. The molecular weight excluding hydrogens is 1110 g/mol. The maximum Gasteiger partial charge on any atom is 0.167 e. The Hall–Kier alpha value is -8.26. The van der Waals surface area contributed by atoms with Gasteiger partial charge in [-0.15, -0.1) is 0 Å². The summed E-state index contributed by atoms with van der Waals surface area (Å²) in [5, 5.41) is 18.8. The van der Waals surface area contributed by atoms with Gasteiger partial charge in [0.25, 0.3) is 0 Å². The second-order valence-electron chi connectivity index (χ2n) is 23.7. The molecule has 5 aliphatic rings. The molecule has 0 saturated carbocycles. The lowest BCUT2D eigenvalue weighted by atomic mass is 9.96. The second kappa shape index (κ2) is 31.3. The number of aliphatic hydroxyl groups excluding tert-OH is 1. The van der Waals surface area contributed by atoms with Crippen LogP contribution in [-0.2, 0) is 17.6 Å². The fraction of sp³-hybridized carbons (Fsp3) is 0.351. The van der Waals surface area contributed by atoms with Crippen molar-refractivity contribution < 1.29 is 48.2 Å². The summed E-state index contributed by atoms with van der Waals surface area (Å²) in [7, 11) is 11.0. The first-order chi connectivity index (χ1) is 42.8. The van der Waals surface area contributed by atoms with Crippen LogP contribution < -0.4 is 23.7 Å². The summed E-state index contributed by atoms with van der Waals surface area (Å²) in [4.78, 5) is 31.3. The summed E-state index contributed by atoms with van der Waals surface area (Å²) in [6.45, 7) is 2.00. The third kappa shape index (κ3) is 16.9. The number of carbonyl (C=O) groups excluding carboxylic acids is 2. The van der Waals surface area contributed by atoms with Crippen LogP contribution in [0.4, 0.5) is 0 Å². The molecule has 0 spiro atoms. The number of aliphatic hydroxyl groups is 1.